The van der Waals surface area contributed by atoms with Gasteiger partial charge in [-0.2, -0.15) is 5.10 Å². The molecule has 0 aliphatic carbocycles. The van der Waals surface area contributed by atoms with Gasteiger partial charge in [0, 0.05) is 4.47 Å². The number of carbonyl (C=O) groups is 2. The Morgan fingerprint density at radius 3 is 2.57 bits per heavy atom. The molecule has 9 heteroatoms. The van der Waals surface area contributed by atoms with Gasteiger partial charge in [-0.05, 0) is 35.4 Å². The van der Waals surface area contributed by atoms with Gasteiger partial charge in [0.2, 0.25) is 5.91 Å². The number of halogens is 2. The topological polar surface area (TPSA) is 86.2 Å². The first-order valence-corrected chi connectivity index (χ1v) is 9.23. The summed E-state index contributed by atoms with van der Waals surface area (Å²) in [6.07, 6.45) is 1.63. The fourth-order valence-electron chi connectivity index (χ4n) is 2.15. The fraction of sp³-hybridized carbons (Fsp3) is 0.211. The van der Waals surface area contributed by atoms with Gasteiger partial charge in [-0.1, -0.05) is 39.7 Å². The molecular formula is C19H18BrClN2O5. The Bertz CT molecular complexity index is 871. The van der Waals surface area contributed by atoms with Gasteiger partial charge in [-0.15, -0.1) is 0 Å². The van der Waals surface area contributed by atoms with Crippen LogP contribution in [0.25, 0.3) is 0 Å². The number of amides is 1. The minimum Gasteiger partial charge on any atom is -0.493 e. The highest BCUT2D eigenvalue weighted by Crippen LogP contribution is 2.36. The number of carbonyl (C=O) groups excluding carboxylic acids is 2. The van der Waals surface area contributed by atoms with Gasteiger partial charge in [0.25, 0.3) is 0 Å². The summed E-state index contributed by atoms with van der Waals surface area (Å²) in [5.74, 6) is -0.267. The van der Waals surface area contributed by atoms with E-state index in [4.69, 9.17) is 21.1 Å². The summed E-state index contributed by atoms with van der Waals surface area (Å²) >= 11 is 9.54. The molecule has 7 nitrogen and oxygen atoms in total. The highest BCUT2D eigenvalue weighted by atomic mass is 79.9. The van der Waals surface area contributed by atoms with Crippen LogP contribution in [-0.4, -0.2) is 38.9 Å². The molecular weight excluding hydrogens is 452 g/mol. The van der Waals surface area contributed by atoms with Gasteiger partial charge >= 0.3 is 5.97 Å². The third-order valence-electron chi connectivity index (χ3n) is 3.49. The summed E-state index contributed by atoms with van der Waals surface area (Å²) in [4.78, 5) is 23.2. The lowest BCUT2D eigenvalue weighted by atomic mass is 10.1. The Morgan fingerprint density at radius 2 is 1.93 bits per heavy atom. The van der Waals surface area contributed by atoms with E-state index < -0.39 is 5.97 Å². The fourth-order valence-corrected chi connectivity index (χ4v) is 2.69. The van der Waals surface area contributed by atoms with Crippen LogP contribution in [0.5, 0.6) is 11.5 Å². The molecule has 0 aliphatic heterocycles. The number of rotatable bonds is 8. The SMILES string of the molecule is COC(=O)COc1c(Cl)cc(/C=N\NC(=O)Cc2ccc(Br)cc2)cc1OC. The molecule has 0 bridgehead atoms. The Balaban J connectivity index is 2.00. The Labute approximate surface area is 175 Å². The van der Waals surface area contributed by atoms with Crippen LogP contribution >= 0.6 is 27.5 Å². The van der Waals surface area contributed by atoms with E-state index in [0.29, 0.717) is 11.3 Å². The second kappa shape index (κ2) is 10.7. The van der Waals surface area contributed by atoms with Crippen LogP contribution in [0.4, 0.5) is 0 Å². The summed E-state index contributed by atoms with van der Waals surface area (Å²) in [6.45, 7) is -0.299. The van der Waals surface area contributed by atoms with E-state index in [-0.39, 0.29) is 29.7 Å². The maximum atomic E-state index is 12.0. The molecule has 0 atom stereocenters. The Kier molecular flexibility index (Phi) is 8.28. The third kappa shape index (κ3) is 6.54. The quantitative estimate of drug-likeness (QED) is 0.364. The van der Waals surface area contributed by atoms with Gasteiger partial charge in [-0.25, -0.2) is 10.2 Å². The van der Waals surface area contributed by atoms with Crippen LogP contribution in [0.1, 0.15) is 11.1 Å². The molecule has 0 unspecified atom stereocenters. The van der Waals surface area contributed by atoms with Crippen molar-refractivity contribution in [3.63, 3.8) is 0 Å². The van der Waals surface area contributed by atoms with E-state index in [0.717, 1.165) is 10.0 Å². The molecule has 0 heterocycles. The first-order chi connectivity index (χ1) is 13.4. The van der Waals surface area contributed by atoms with Gasteiger partial charge in [0.05, 0.1) is 31.9 Å². The van der Waals surface area contributed by atoms with Crippen LogP contribution < -0.4 is 14.9 Å². The van der Waals surface area contributed by atoms with Crippen molar-refractivity contribution in [2.24, 2.45) is 5.10 Å². The van der Waals surface area contributed by atoms with Crippen LogP contribution in [0.15, 0.2) is 46.0 Å². The number of ether oxygens (including phenoxy) is 3. The van der Waals surface area contributed by atoms with Crippen molar-refractivity contribution in [3.05, 3.63) is 57.0 Å². The predicted molar refractivity (Wildman–Crippen MR) is 109 cm³/mol. The molecule has 0 fully saturated rings. The monoisotopic (exact) mass is 468 g/mol. The molecule has 0 spiro atoms. The molecule has 0 aromatic heterocycles. The van der Waals surface area contributed by atoms with Crippen LogP contribution in [0.3, 0.4) is 0 Å². The predicted octanol–water partition coefficient (Wildman–Crippen LogP) is 3.36. The number of nitrogens with one attached hydrogen (secondary N) is 1. The van der Waals surface area contributed by atoms with Gasteiger partial charge in [0.1, 0.15) is 0 Å². The standard InChI is InChI=1S/C19H18BrClN2O5/c1-26-16-8-13(7-15(21)19(16)28-11-18(25)27-2)10-22-23-17(24)9-12-3-5-14(20)6-4-12/h3-8,10H,9,11H2,1-2H3,(H,23,24)/b22-10-. The molecule has 148 valence electrons. The van der Waals surface area contributed by atoms with Crippen molar-refractivity contribution in [1.82, 2.24) is 5.43 Å². The third-order valence-corrected chi connectivity index (χ3v) is 4.30. The van der Waals surface area contributed by atoms with E-state index in [2.05, 4.69) is 31.2 Å². The summed E-state index contributed by atoms with van der Waals surface area (Å²) in [5.41, 5.74) is 3.90. The number of hydrogen-bond donors (Lipinski definition) is 1. The number of nitrogens with zero attached hydrogens (tertiary/aromatic N) is 1. The molecule has 0 radical (unpaired) electrons. The first kappa shape index (κ1) is 21.7. The van der Waals surface area contributed by atoms with Crippen molar-refractivity contribution >= 4 is 45.6 Å². The van der Waals surface area contributed by atoms with E-state index >= 15 is 0 Å². The molecule has 28 heavy (non-hydrogen) atoms. The van der Waals surface area contributed by atoms with E-state index in [1.807, 2.05) is 24.3 Å². The average molecular weight is 470 g/mol. The molecule has 1 N–H and O–H groups in total. The first-order valence-electron chi connectivity index (χ1n) is 8.06. The highest BCUT2D eigenvalue weighted by molar-refractivity contribution is 9.10. The highest BCUT2D eigenvalue weighted by Gasteiger charge is 2.13. The summed E-state index contributed by atoms with van der Waals surface area (Å²) in [6, 6.07) is 10.6. The van der Waals surface area contributed by atoms with Crippen LogP contribution in [-0.2, 0) is 20.7 Å². The van der Waals surface area contributed by atoms with Gasteiger partial charge in [-0.3, -0.25) is 4.79 Å². The van der Waals surface area contributed by atoms with Crippen molar-refractivity contribution in [1.29, 1.82) is 0 Å². The zero-order chi connectivity index (χ0) is 20.5. The number of methoxy groups -OCH3 is 2. The van der Waals surface area contributed by atoms with Gasteiger partial charge < -0.3 is 14.2 Å². The zero-order valence-electron chi connectivity index (χ0n) is 15.2. The molecule has 1 amide bonds. The summed E-state index contributed by atoms with van der Waals surface area (Å²) in [7, 11) is 2.70. The van der Waals surface area contributed by atoms with Crippen molar-refractivity contribution in [2.45, 2.75) is 6.42 Å². The van der Waals surface area contributed by atoms with Crippen molar-refractivity contribution in [3.8, 4) is 11.5 Å². The van der Waals surface area contributed by atoms with E-state index in [9.17, 15) is 9.59 Å². The van der Waals surface area contributed by atoms with Crippen molar-refractivity contribution < 1.29 is 23.8 Å². The molecule has 0 saturated heterocycles. The van der Waals surface area contributed by atoms with Gasteiger partial charge in [0.15, 0.2) is 18.1 Å². The Morgan fingerprint density at radius 1 is 1.21 bits per heavy atom. The molecule has 2 aromatic carbocycles. The maximum Gasteiger partial charge on any atom is 0.343 e. The maximum absolute atomic E-state index is 12.0. The van der Waals surface area contributed by atoms with E-state index in [1.54, 1.807) is 12.1 Å². The average Bonchev–Trinajstić information content (AvgIpc) is 2.68. The lowest BCUT2D eigenvalue weighted by Gasteiger charge is -2.12. The molecule has 0 saturated carbocycles. The molecule has 2 aromatic rings. The second-order valence-electron chi connectivity index (χ2n) is 5.50. The lowest BCUT2D eigenvalue weighted by molar-refractivity contribution is -0.142. The number of benzene rings is 2. The zero-order valence-corrected chi connectivity index (χ0v) is 17.5. The summed E-state index contributed by atoms with van der Waals surface area (Å²) < 4.78 is 16.0. The number of esters is 1. The van der Waals surface area contributed by atoms with Crippen LogP contribution in [0, 0.1) is 0 Å². The van der Waals surface area contributed by atoms with E-state index in [1.165, 1.54) is 20.4 Å². The second-order valence-corrected chi connectivity index (χ2v) is 6.82. The molecule has 2 rings (SSSR count). The van der Waals surface area contributed by atoms with Crippen LogP contribution in [0.2, 0.25) is 5.02 Å². The number of hydrazone groups is 1. The largest absolute Gasteiger partial charge is 0.493 e. The number of hydrogen-bond acceptors (Lipinski definition) is 6. The Hall–Kier alpha value is -2.58. The normalized spacial score (nSPS) is 10.6. The minimum atomic E-state index is -0.544. The summed E-state index contributed by atoms with van der Waals surface area (Å²) in [5, 5.41) is 4.15. The molecule has 0 aliphatic rings. The van der Waals surface area contributed by atoms with Crippen molar-refractivity contribution in [2.75, 3.05) is 20.8 Å². The lowest BCUT2D eigenvalue weighted by Crippen LogP contribution is -2.19. The smallest absolute Gasteiger partial charge is 0.343 e. The minimum absolute atomic E-state index is 0.203.